The summed E-state index contributed by atoms with van der Waals surface area (Å²) >= 11 is 0. The summed E-state index contributed by atoms with van der Waals surface area (Å²) in [6.07, 6.45) is 0.998. The van der Waals surface area contributed by atoms with E-state index in [9.17, 15) is 4.79 Å². The monoisotopic (exact) mass is 204 g/mol. The Labute approximate surface area is 89.9 Å². The Morgan fingerprint density at radius 1 is 1.53 bits per heavy atom. The Hall–Kier alpha value is -1.35. The van der Waals surface area contributed by atoms with Crippen molar-refractivity contribution < 1.29 is 4.79 Å². The van der Waals surface area contributed by atoms with E-state index in [-0.39, 0.29) is 5.91 Å². The predicted octanol–water partition coefficient (Wildman–Crippen LogP) is 1.08. The third kappa shape index (κ3) is 2.02. The highest BCUT2D eigenvalue weighted by molar-refractivity contribution is 5.98. The predicted molar refractivity (Wildman–Crippen MR) is 59.8 cm³/mol. The van der Waals surface area contributed by atoms with E-state index in [1.807, 2.05) is 19.2 Å². The van der Waals surface area contributed by atoms with Crippen LogP contribution in [0.15, 0.2) is 18.2 Å². The second-order valence-electron chi connectivity index (χ2n) is 4.07. The van der Waals surface area contributed by atoms with E-state index in [2.05, 4.69) is 23.6 Å². The summed E-state index contributed by atoms with van der Waals surface area (Å²) in [7, 11) is 1.96. The minimum absolute atomic E-state index is 0.0539. The first-order valence-electron chi connectivity index (χ1n) is 5.28. The molecule has 0 saturated heterocycles. The zero-order valence-electron chi connectivity index (χ0n) is 9.13. The summed E-state index contributed by atoms with van der Waals surface area (Å²) in [6, 6.07) is 6.56. The first kappa shape index (κ1) is 10.2. The highest BCUT2D eigenvalue weighted by atomic mass is 16.1. The third-order valence-electron chi connectivity index (χ3n) is 2.89. The first-order chi connectivity index (χ1) is 7.20. The summed E-state index contributed by atoms with van der Waals surface area (Å²) in [5.74, 6) is 0.0539. The van der Waals surface area contributed by atoms with Crippen molar-refractivity contribution in [3.05, 3.63) is 34.9 Å². The van der Waals surface area contributed by atoms with Gasteiger partial charge >= 0.3 is 0 Å². The van der Waals surface area contributed by atoms with Crippen LogP contribution in [0.5, 0.6) is 0 Å². The molecular formula is C12H16N2O. The van der Waals surface area contributed by atoms with Crippen LogP contribution in [0.2, 0.25) is 0 Å². The molecule has 1 heterocycles. The SMILES string of the molecule is CNC(C)Cc1ccc2c(c1)CNC2=O. The lowest BCUT2D eigenvalue weighted by atomic mass is 10.0. The molecule has 0 spiro atoms. The van der Waals surface area contributed by atoms with Crippen LogP contribution in [0.3, 0.4) is 0 Å². The van der Waals surface area contributed by atoms with E-state index >= 15 is 0 Å². The Morgan fingerprint density at radius 3 is 3.07 bits per heavy atom. The molecule has 80 valence electrons. The van der Waals surface area contributed by atoms with Crippen molar-refractivity contribution in [2.24, 2.45) is 0 Å². The Kier molecular flexibility index (Phi) is 2.73. The molecule has 1 aliphatic heterocycles. The minimum Gasteiger partial charge on any atom is -0.348 e. The van der Waals surface area contributed by atoms with Crippen LogP contribution in [0.25, 0.3) is 0 Å². The fourth-order valence-corrected chi connectivity index (χ4v) is 1.87. The first-order valence-corrected chi connectivity index (χ1v) is 5.28. The van der Waals surface area contributed by atoms with Gasteiger partial charge in [-0.05, 0) is 37.6 Å². The zero-order valence-corrected chi connectivity index (χ0v) is 9.13. The van der Waals surface area contributed by atoms with Crippen LogP contribution in [-0.2, 0) is 13.0 Å². The number of rotatable bonds is 3. The van der Waals surface area contributed by atoms with E-state index in [0.29, 0.717) is 12.6 Å². The summed E-state index contributed by atoms with van der Waals surface area (Å²) < 4.78 is 0. The average Bonchev–Trinajstić information content (AvgIpc) is 2.60. The molecule has 0 fully saturated rings. The molecule has 2 N–H and O–H groups in total. The maximum Gasteiger partial charge on any atom is 0.251 e. The standard InChI is InChI=1S/C12H16N2O/c1-8(13-2)5-9-3-4-11-10(6-9)7-14-12(11)15/h3-4,6,8,13H,5,7H2,1-2H3,(H,14,15). The van der Waals surface area contributed by atoms with Crippen LogP contribution in [0.4, 0.5) is 0 Å². The van der Waals surface area contributed by atoms with Gasteiger partial charge in [0.1, 0.15) is 0 Å². The second kappa shape index (κ2) is 4.03. The van der Waals surface area contributed by atoms with E-state index in [1.54, 1.807) is 0 Å². The molecule has 1 aliphatic rings. The van der Waals surface area contributed by atoms with Crippen molar-refractivity contribution in [2.45, 2.75) is 25.9 Å². The summed E-state index contributed by atoms with van der Waals surface area (Å²) in [5.41, 5.74) is 3.24. The molecule has 0 aromatic heterocycles. The molecule has 2 rings (SSSR count). The van der Waals surface area contributed by atoms with E-state index in [0.717, 1.165) is 17.5 Å². The molecule has 1 atom stereocenters. The maximum atomic E-state index is 11.3. The molecule has 0 aliphatic carbocycles. The fraction of sp³-hybridized carbons (Fsp3) is 0.417. The van der Waals surface area contributed by atoms with Gasteiger partial charge < -0.3 is 10.6 Å². The van der Waals surface area contributed by atoms with Gasteiger partial charge in [0.25, 0.3) is 5.91 Å². The topological polar surface area (TPSA) is 41.1 Å². The summed E-state index contributed by atoms with van der Waals surface area (Å²) in [6.45, 7) is 2.83. The molecular weight excluding hydrogens is 188 g/mol. The number of carbonyl (C=O) groups excluding carboxylic acids is 1. The van der Waals surface area contributed by atoms with Crippen LogP contribution < -0.4 is 10.6 Å². The maximum absolute atomic E-state index is 11.3. The number of benzene rings is 1. The second-order valence-corrected chi connectivity index (χ2v) is 4.07. The molecule has 0 saturated carbocycles. The van der Waals surface area contributed by atoms with Gasteiger partial charge in [0.05, 0.1) is 0 Å². The number of nitrogens with one attached hydrogen (secondary N) is 2. The molecule has 0 bridgehead atoms. The van der Waals surface area contributed by atoms with Crippen molar-refractivity contribution >= 4 is 5.91 Å². The molecule has 1 amide bonds. The normalized spacial score (nSPS) is 16.0. The van der Waals surface area contributed by atoms with Gasteiger partial charge in [-0.25, -0.2) is 0 Å². The van der Waals surface area contributed by atoms with Gasteiger partial charge in [-0.1, -0.05) is 12.1 Å². The van der Waals surface area contributed by atoms with Crippen LogP contribution in [0, 0.1) is 0 Å². The number of fused-ring (bicyclic) bond motifs is 1. The molecule has 15 heavy (non-hydrogen) atoms. The van der Waals surface area contributed by atoms with E-state index in [4.69, 9.17) is 0 Å². The lowest BCUT2D eigenvalue weighted by Gasteiger charge is -2.10. The number of amides is 1. The summed E-state index contributed by atoms with van der Waals surface area (Å²) in [5, 5.41) is 6.03. The largest absolute Gasteiger partial charge is 0.348 e. The van der Waals surface area contributed by atoms with Crippen molar-refractivity contribution in [3.63, 3.8) is 0 Å². The Balaban J connectivity index is 2.19. The molecule has 3 nitrogen and oxygen atoms in total. The van der Waals surface area contributed by atoms with Crippen molar-refractivity contribution in [3.8, 4) is 0 Å². The van der Waals surface area contributed by atoms with Crippen LogP contribution >= 0.6 is 0 Å². The van der Waals surface area contributed by atoms with Crippen molar-refractivity contribution in [1.29, 1.82) is 0 Å². The van der Waals surface area contributed by atoms with Crippen molar-refractivity contribution in [2.75, 3.05) is 7.05 Å². The number of likely N-dealkylation sites (N-methyl/N-ethyl adjacent to an activating group) is 1. The number of hydrogen-bond acceptors (Lipinski definition) is 2. The zero-order chi connectivity index (χ0) is 10.8. The quantitative estimate of drug-likeness (QED) is 0.773. The highest BCUT2D eigenvalue weighted by Gasteiger charge is 2.18. The lowest BCUT2D eigenvalue weighted by molar-refractivity contribution is 0.0966. The number of carbonyl (C=O) groups is 1. The Morgan fingerprint density at radius 2 is 2.33 bits per heavy atom. The third-order valence-corrected chi connectivity index (χ3v) is 2.89. The number of hydrogen-bond donors (Lipinski definition) is 2. The average molecular weight is 204 g/mol. The van der Waals surface area contributed by atoms with Crippen molar-refractivity contribution in [1.82, 2.24) is 10.6 Å². The fourth-order valence-electron chi connectivity index (χ4n) is 1.87. The molecule has 0 radical (unpaired) electrons. The van der Waals surface area contributed by atoms with Crippen LogP contribution in [0.1, 0.15) is 28.4 Å². The van der Waals surface area contributed by atoms with Gasteiger partial charge in [-0.2, -0.15) is 0 Å². The smallest absolute Gasteiger partial charge is 0.251 e. The highest BCUT2D eigenvalue weighted by Crippen LogP contribution is 2.17. The van der Waals surface area contributed by atoms with E-state index in [1.165, 1.54) is 5.56 Å². The van der Waals surface area contributed by atoms with E-state index < -0.39 is 0 Å². The van der Waals surface area contributed by atoms with Gasteiger partial charge in [-0.15, -0.1) is 0 Å². The molecule has 3 heteroatoms. The molecule has 1 aromatic carbocycles. The van der Waals surface area contributed by atoms with Gasteiger partial charge in [0, 0.05) is 18.2 Å². The lowest BCUT2D eigenvalue weighted by Crippen LogP contribution is -2.23. The Bertz CT molecular complexity index is 387. The van der Waals surface area contributed by atoms with Crippen LogP contribution in [-0.4, -0.2) is 19.0 Å². The molecule has 1 aromatic rings. The minimum atomic E-state index is 0.0539. The van der Waals surface area contributed by atoms with Gasteiger partial charge in [0.15, 0.2) is 0 Å². The molecule has 1 unspecified atom stereocenters. The van der Waals surface area contributed by atoms with Gasteiger partial charge in [-0.3, -0.25) is 4.79 Å². The van der Waals surface area contributed by atoms with Gasteiger partial charge in [0.2, 0.25) is 0 Å². The summed E-state index contributed by atoms with van der Waals surface area (Å²) in [4.78, 5) is 11.3.